The van der Waals surface area contributed by atoms with E-state index in [0.717, 1.165) is 20.9 Å². The topological polar surface area (TPSA) is 62.2 Å². The number of nitrogens with zero attached hydrogens (tertiary/aromatic N) is 1. The molecule has 4 nitrogen and oxygen atoms in total. The van der Waals surface area contributed by atoms with Crippen LogP contribution in [0, 0.1) is 0 Å². The van der Waals surface area contributed by atoms with Gasteiger partial charge < -0.3 is 10.4 Å². The molecule has 0 bridgehead atoms. The summed E-state index contributed by atoms with van der Waals surface area (Å²) in [6, 6.07) is 31.0. The van der Waals surface area contributed by atoms with Crippen molar-refractivity contribution in [2.24, 2.45) is 0 Å². The van der Waals surface area contributed by atoms with Crippen molar-refractivity contribution in [3.63, 3.8) is 0 Å². The maximum atomic E-state index is 12.7. The highest BCUT2D eigenvalue weighted by Gasteiger charge is 2.39. The molecule has 0 spiro atoms. The summed E-state index contributed by atoms with van der Waals surface area (Å²) in [6.07, 6.45) is 0. The van der Waals surface area contributed by atoms with E-state index in [9.17, 15) is 4.79 Å². The lowest BCUT2D eigenvalue weighted by atomic mass is 9.84. The first-order valence-corrected chi connectivity index (χ1v) is 11.6. The third kappa shape index (κ3) is 4.42. The largest absolute Gasteiger partial charge is 0.395 e. The molecule has 0 aliphatic carbocycles. The van der Waals surface area contributed by atoms with Gasteiger partial charge in [-0.1, -0.05) is 103 Å². The lowest BCUT2D eigenvalue weighted by Gasteiger charge is -2.35. The van der Waals surface area contributed by atoms with Gasteiger partial charge in [-0.05, 0) is 16.7 Å². The number of benzene rings is 3. The van der Waals surface area contributed by atoms with Gasteiger partial charge in [0, 0.05) is 6.54 Å². The molecule has 1 aromatic heterocycles. The molecule has 0 fully saturated rings. The van der Waals surface area contributed by atoms with Gasteiger partial charge in [-0.25, -0.2) is 4.98 Å². The Morgan fingerprint density at radius 3 is 1.81 bits per heavy atom. The fourth-order valence-corrected chi connectivity index (χ4v) is 6.04. The van der Waals surface area contributed by atoms with E-state index in [1.165, 1.54) is 11.3 Å². The minimum atomic E-state index is -0.567. The highest BCUT2D eigenvalue weighted by Crippen LogP contribution is 2.53. The molecule has 1 amide bonds. The average molecular weight is 447 g/mol. The van der Waals surface area contributed by atoms with Crippen molar-refractivity contribution < 1.29 is 9.90 Å². The normalized spacial score (nSPS) is 11.3. The molecule has 4 aromatic rings. The van der Waals surface area contributed by atoms with E-state index in [0.29, 0.717) is 5.69 Å². The predicted molar refractivity (Wildman–Crippen MR) is 127 cm³/mol. The van der Waals surface area contributed by atoms with Crippen LogP contribution in [0.15, 0.2) is 101 Å². The Morgan fingerprint density at radius 1 is 0.871 bits per heavy atom. The Bertz CT molecular complexity index is 1020. The van der Waals surface area contributed by atoms with Crippen LogP contribution in [0.4, 0.5) is 0 Å². The van der Waals surface area contributed by atoms with Crippen LogP contribution in [-0.4, -0.2) is 29.1 Å². The molecule has 0 aliphatic rings. The Morgan fingerprint density at radius 2 is 1.35 bits per heavy atom. The molecule has 0 radical (unpaired) electrons. The van der Waals surface area contributed by atoms with E-state index in [2.05, 4.69) is 46.7 Å². The van der Waals surface area contributed by atoms with E-state index in [1.807, 2.05) is 54.6 Å². The Hall–Kier alpha value is -2.93. The van der Waals surface area contributed by atoms with Crippen molar-refractivity contribution in [3.8, 4) is 0 Å². The van der Waals surface area contributed by atoms with E-state index in [1.54, 1.807) is 17.3 Å². The summed E-state index contributed by atoms with van der Waals surface area (Å²) in [5.74, 6) is -0.277. The number of carbonyl (C=O) groups is 1. The van der Waals surface area contributed by atoms with Gasteiger partial charge >= 0.3 is 0 Å². The molecule has 3 aromatic carbocycles. The highest BCUT2D eigenvalue weighted by molar-refractivity contribution is 8.02. The summed E-state index contributed by atoms with van der Waals surface area (Å²) in [7, 11) is 0. The average Bonchev–Trinajstić information content (AvgIpc) is 3.31. The standard InChI is InChI=1S/C25H22N2O2S2/c28-17-16-26-23(29)22-24(30-18-27-22)31-25(19-10-4-1-5-11-19,20-12-6-2-7-13-20)21-14-8-3-9-15-21/h1-15,18,28H,16-17H2,(H,26,29). The zero-order valence-electron chi connectivity index (χ0n) is 16.8. The van der Waals surface area contributed by atoms with Gasteiger partial charge in [0.1, 0.15) is 0 Å². The number of aliphatic hydroxyl groups is 1. The van der Waals surface area contributed by atoms with Gasteiger partial charge in [-0.15, -0.1) is 11.3 Å². The van der Waals surface area contributed by atoms with Gasteiger partial charge in [0.05, 0.1) is 21.1 Å². The van der Waals surface area contributed by atoms with Crippen molar-refractivity contribution in [2.45, 2.75) is 8.96 Å². The molecule has 2 N–H and O–H groups in total. The summed E-state index contributed by atoms with van der Waals surface area (Å²) in [6.45, 7) is 0.0853. The maximum Gasteiger partial charge on any atom is 0.272 e. The quantitative estimate of drug-likeness (QED) is 0.297. The van der Waals surface area contributed by atoms with Gasteiger partial charge in [0.25, 0.3) is 5.91 Å². The smallest absolute Gasteiger partial charge is 0.272 e. The number of thiazole rings is 1. The van der Waals surface area contributed by atoms with Crippen LogP contribution >= 0.6 is 23.1 Å². The number of hydrogen-bond acceptors (Lipinski definition) is 5. The molecule has 31 heavy (non-hydrogen) atoms. The predicted octanol–water partition coefficient (Wildman–Crippen LogP) is 4.95. The van der Waals surface area contributed by atoms with Crippen molar-refractivity contribution in [3.05, 3.63) is 119 Å². The maximum absolute atomic E-state index is 12.7. The highest BCUT2D eigenvalue weighted by atomic mass is 32.2. The van der Waals surface area contributed by atoms with E-state index >= 15 is 0 Å². The fraction of sp³-hybridized carbons (Fsp3) is 0.120. The monoisotopic (exact) mass is 446 g/mol. The summed E-state index contributed by atoms with van der Waals surface area (Å²) < 4.78 is 0.259. The molecule has 0 saturated heterocycles. The van der Waals surface area contributed by atoms with Crippen LogP contribution in [0.1, 0.15) is 27.2 Å². The minimum absolute atomic E-state index is 0.111. The van der Waals surface area contributed by atoms with Gasteiger partial charge in [0.2, 0.25) is 0 Å². The molecule has 0 aliphatic heterocycles. The zero-order valence-corrected chi connectivity index (χ0v) is 18.4. The SMILES string of the molecule is O=C(NCCO)c1ncsc1SC(c1ccccc1)(c1ccccc1)c1ccccc1. The summed E-state index contributed by atoms with van der Waals surface area (Å²) in [5, 5.41) is 11.8. The second-order valence-electron chi connectivity index (χ2n) is 6.85. The molecule has 0 atom stereocenters. The van der Waals surface area contributed by atoms with Gasteiger partial charge in [-0.2, -0.15) is 0 Å². The molecular formula is C25H22N2O2S2. The number of nitrogens with one attached hydrogen (secondary N) is 1. The van der Waals surface area contributed by atoms with E-state index in [4.69, 9.17) is 5.11 Å². The first-order valence-electron chi connectivity index (χ1n) is 9.94. The van der Waals surface area contributed by atoms with E-state index < -0.39 is 4.75 Å². The van der Waals surface area contributed by atoms with E-state index in [-0.39, 0.29) is 19.1 Å². The summed E-state index contributed by atoms with van der Waals surface area (Å²) in [4.78, 5) is 17.0. The number of aliphatic hydroxyl groups excluding tert-OH is 1. The number of aromatic nitrogens is 1. The number of amides is 1. The lowest BCUT2D eigenvalue weighted by Crippen LogP contribution is -2.28. The Labute approximate surface area is 190 Å². The first kappa shape index (κ1) is 21.3. The van der Waals surface area contributed by atoms with Crippen LogP contribution in [0.3, 0.4) is 0 Å². The first-order chi connectivity index (χ1) is 15.3. The number of carbonyl (C=O) groups excluding carboxylic acids is 1. The molecule has 0 saturated carbocycles. The second-order valence-corrected chi connectivity index (χ2v) is 9.19. The zero-order chi connectivity index (χ0) is 21.5. The van der Waals surface area contributed by atoms with Crippen molar-refractivity contribution in [2.75, 3.05) is 13.2 Å². The molecule has 1 heterocycles. The summed E-state index contributed by atoms with van der Waals surface area (Å²) in [5.41, 5.74) is 5.44. The number of thioether (sulfide) groups is 1. The van der Waals surface area contributed by atoms with Crippen LogP contribution in [0.25, 0.3) is 0 Å². The Kier molecular flexibility index (Phi) is 6.82. The van der Waals surface area contributed by atoms with Crippen molar-refractivity contribution in [1.82, 2.24) is 10.3 Å². The third-order valence-electron chi connectivity index (χ3n) is 4.93. The fourth-order valence-electron chi connectivity index (χ4n) is 3.55. The number of rotatable bonds is 8. The number of hydrogen-bond donors (Lipinski definition) is 2. The van der Waals surface area contributed by atoms with Crippen molar-refractivity contribution >= 4 is 29.0 Å². The molecule has 0 unspecified atom stereocenters. The lowest BCUT2D eigenvalue weighted by molar-refractivity contribution is 0.0937. The molecular weight excluding hydrogens is 424 g/mol. The van der Waals surface area contributed by atoms with Gasteiger partial charge in [0.15, 0.2) is 5.69 Å². The van der Waals surface area contributed by atoms with Crippen molar-refractivity contribution in [1.29, 1.82) is 0 Å². The second kappa shape index (κ2) is 9.92. The molecule has 4 rings (SSSR count). The van der Waals surface area contributed by atoms with Gasteiger partial charge in [-0.3, -0.25) is 4.79 Å². The summed E-state index contributed by atoms with van der Waals surface area (Å²) >= 11 is 3.07. The van der Waals surface area contributed by atoms with Crippen LogP contribution in [-0.2, 0) is 4.75 Å². The molecule has 156 valence electrons. The van der Waals surface area contributed by atoms with Crippen LogP contribution in [0.5, 0.6) is 0 Å². The third-order valence-corrected chi connectivity index (χ3v) is 7.48. The molecule has 6 heteroatoms. The minimum Gasteiger partial charge on any atom is -0.395 e. The van der Waals surface area contributed by atoms with Crippen LogP contribution in [0.2, 0.25) is 0 Å². The van der Waals surface area contributed by atoms with Crippen LogP contribution < -0.4 is 5.32 Å². The Balaban J connectivity index is 1.90.